The molecular weight excluding hydrogens is 294 g/mol. The van der Waals surface area contributed by atoms with E-state index < -0.39 is 0 Å². The Morgan fingerprint density at radius 3 is 2.52 bits per heavy atom. The standard InChI is InChI=1S/C14H20ClN3O3/c1-17(2)12(19)9-18(7-8-21-3)14(20)13-10(15)5-4-6-11(13)16/h4-6H,7-9,16H2,1-3H3. The van der Waals surface area contributed by atoms with Crippen LogP contribution in [0.5, 0.6) is 0 Å². The van der Waals surface area contributed by atoms with Gasteiger partial charge in [0.1, 0.15) is 6.54 Å². The summed E-state index contributed by atoms with van der Waals surface area (Å²) in [6.07, 6.45) is 0. The van der Waals surface area contributed by atoms with E-state index in [4.69, 9.17) is 22.1 Å². The lowest BCUT2D eigenvalue weighted by Gasteiger charge is -2.24. The summed E-state index contributed by atoms with van der Waals surface area (Å²) in [5.74, 6) is -0.574. The van der Waals surface area contributed by atoms with Crippen LogP contribution in [-0.4, -0.2) is 62.5 Å². The molecule has 0 saturated carbocycles. The highest BCUT2D eigenvalue weighted by Gasteiger charge is 2.23. The fourth-order valence-electron chi connectivity index (χ4n) is 1.68. The Balaban J connectivity index is 3.02. The molecule has 0 unspecified atom stereocenters. The van der Waals surface area contributed by atoms with E-state index in [0.717, 1.165) is 0 Å². The van der Waals surface area contributed by atoms with Gasteiger partial charge in [-0.25, -0.2) is 0 Å². The first-order valence-electron chi connectivity index (χ1n) is 6.40. The third-order valence-electron chi connectivity index (χ3n) is 2.94. The summed E-state index contributed by atoms with van der Waals surface area (Å²) in [6.45, 7) is 0.538. The van der Waals surface area contributed by atoms with Gasteiger partial charge in [-0.05, 0) is 12.1 Å². The number of carbonyl (C=O) groups is 2. The number of nitrogen functional groups attached to an aromatic ring is 1. The van der Waals surface area contributed by atoms with Crippen LogP contribution in [0, 0.1) is 0 Å². The Morgan fingerprint density at radius 2 is 2.00 bits per heavy atom. The zero-order valence-corrected chi connectivity index (χ0v) is 13.2. The minimum atomic E-state index is -0.384. The van der Waals surface area contributed by atoms with Gasteiger partial charge in [0.25, 0.3) is 5.91 Å². The zero-order chi connectivity index (χ0) is 16.0. The summed E-state index contributed by atoms with van der Waals surface area (Å²) in [5.41, 5.74) is 6.32. The average Bonchev–Trinajstić information content (AvgIpc) is 2.42. The topological polar surface area (TPSA) is 75.9 Å². The molecule has 1 aromatic carbocycles. The number of nitrogens with zero attached hydrogens (tertiary/aromatic N) is 2. The Hall–Kier alpha value is -1.79. The van der Waals surface area contributed by atoms with E-state index in [1.54, 1.807) is 32.3 Å². The second-order valence-electron chi connectivity index (χ2n) is 4.71. The lowest BCUT2D eigenvalue weighted by Crippen LogP contribution is -2.42. The van der Waals surface area contributed by atoms with Crippen molar-refractivity contribution in [3.05, 3.63) is 28.8 Å². The van der Waals surface area contributed by atoms with Crippen LogP contribution in [0.25, 0.3) is 0 Å². The number of carbonyl (C=O) groups excluding carboxylic acids is 2. The van der Waals surface area contributed by atoms with E-state index >= 15 is 0 Å². The monoisotopic (exact) mass is 313 g/mol. The van der Waals surface area contributed by atoms with Gasteiger partial charge in [0.15, 0.2) is 0 Å². The molecule has 7 heteroatoms. The van der Waals surface area contributed by atoms with Crippen molar-refractivity contribution in [2.45, 2.75) is 0 Å². The molecule has 0 aliphatic heterocycles. The molecule has 0 bridgehead atoms. The number of ether oxygens (including phenoxy) is 1. The van der Waals surface area contributed by atoms with Crippen molar-refractivity contribution in [3.63, 3.8) is 0 Å². The maximum Gasteiger partial charge on any atom is 0.258 e. The summed E-state index contributed by atoms with van der Waals surface area (Å²) in [7, 11) is 4.79. The van der Waals surface area contributed by atoms with E-state index in [1.807, 2.05) is 0 Å². The molecule has 21 heavy (non-hydrogen) atoms. The molecular formula is C14H20ClN3O3. The van der Waals surface area contributed by atoms with E-state index in [-0.39, 0.29) is 41.2 Å². The largest absolute Gasteiger partial charge is 0.398 e. The summed E-state index contributed by atoms with van der Waals surface area (Å²) < 4.78 is 4.98. The molecule has 0 heterocycles. The third-order valence-corrected chi connectivity index (χ3v) is 3.25. The van der Waals surface area contributed by atoms with Gasteiger partial charge < -0.3 is 20.3 Å². The van der Waals surface area contributed by atoms with Crippen molar-refractivity contribution >= 4 is 29.1 Å². The van der Waals surface area contributed by atoms with Crippen LogP contribution < -0.4 is 5.73 Å². The highest BCUT2D eigenvalue weighted by Crippen LogP contribution is 2.23. The van der Waals surface area contributed by atoms with Gasteiger partial charge in [-0.15, -0.1) is 0 Å². The molecule has 0 radical (unpaired) electrons. The molecule has 0 saturated heterocycles. The number of likely N-dealkylation sites (N-methyl/N-ethyl adjacent to an activating group) is 1. The number of halogens is 1. The predicted molar refractivity (Wildman–Crippen MR) is 82.3 cm³/mol. The lowest BCUT2D eigenvalue weighted by atomic mass is 10.1. The quantitative estimate of drug-likeness (QED) is 0.798. The second-order valence-corrected chi connectivity index (χ2v) is 5.12. The van der Waals surface area contributed by atoms with E-state index in [2.05, 4.69) is 0 Å². The molecule has 1 rings (SSSR count). The Morgan fingerprint density at radius 1 is 1.33 bits per heavy atom. The molecule has 0 fully saturated rings. The van der Waals surface area contributed by atoms with E-state index in [1.165, 1.54) is 16.9 Å². The zero-order valence-electron chi connectivity index (χ0n) is 12.4. The maximum atomic E-state index is 12.6. The van der Waals surface area contributed by atoms with Crippen molar-refractivity contribution in [2.75, 3.05) is 46.6 Å². The molecule has 2 N–H and O–H groups in total. The first-order chi connectivity index (χ1) is 9.88. The third kappa shape index (κ3) is 4.61. The van der Waals surface area contributed by atoms with Gasteiger partial charge in [-0.2, -0.15) is 0 Å². The first kappa shape index (κ1) is 17.3. The number of rotatable bonds is 6. The van der Waals surface area contributed by atoms with Crippen LogP contribution in [0.3, 0.4) is 0 Å². The van der Waals surface area contributed by atoms with Crippen LogP contribution >= 0.6 is 11.6 Å². The van der Waals surface area contributed by atoms with Crippen LogP contribution in [0.1, 0.15) is 10.4 Å². The van der Waals surface area contributed by atoms with Gasteiger partial charge in [-0.3, -0.25) is 9.59 Å². The van der Waals surface area contributed by atoms with E-state index in [0.29, 0.717) is 6.61 Å². The predicted octanol–water partition coefficient (Wildman–Crippen LogP) is 1.10. The van der Waals surface area contributed by atoms with Gasteiger partial charge in [0.05, 0.1) is 17.2 Å². The fourth-order valence-corrected chi connectivity index (χ4v) is 1.95. The Labute approximate surface area is 129 Å². The van der Waals surface area contributed by atoms with Crippen LogP contribution in [0.4, 0.5) is 5.69 Å². The molecule has 0 aliphatic rings. The van der Waals surface area contributed by atoms with Gasteiger partial charge in [0.2, 0.25) is 5.91 Å². The van der Waals surface area contributed by atoms with E-state index in [9.17, 15) is 9.59 Å². The summed E-state index contributed by atoms with van der Waals surface area (Å²) >= 11 is 6.05. The number of nitrogens with two attached hydrogens (primary N) is 1. The van der Waals surface area contributed by atoms with Crippen LogP contribution in [-0.2, 0) is 9.53 Å². The van der Waals surface area contributed by atoms with Crippen LogP contribution in [0.2, 0.25) is 5.02 Å². The smallest absolute Gasteiger partial charge is 0.258 e. The number of benzene rings is 1. The molecule has 0 atom stereocenters. The number of hydrogen-bond acceptors (Lipinski definition) is 4. The molecule has 0 aliphatic carbocycles. The maximum absolute atomic E-state index is 12.6. The number of amides is 2. The van der Waals surface area contributed by atoms with Crippen molar-refractivity contribution in [1.29, 1.82) is 0 Å². The number of hydrogen-bond donors (Lipinski definition) is 1. The van der Waals surface area contributed by atoms with Gasteiger partial charge >= 0.3 is 0 Å². The lowest BCUT2D eigenvalue weighted by molar-refractivity contribution is -0.129. The SMILES string of the molecule is COCCN(CC(=O)N(C)C)C(=O)c1c(N)cccc1Cl. The highest BCUT2D eigenvalue weighted by molar-refractivity contribution is 6.34. The average molecular weight is 314 g/mol. The summed E-state index contributed by atoms with van der Waals surface area (Å²) in [6, 6.07) is 4.85. The molecule has 0 aromatic heterocycles. The molecule has 0 spiro atoms. The second kappa shape index (κ2) is 7.85. The number of methoxy groups -OCH3 is 1. The van der Waals surface area contributed by atoms with Crippen molar-refractivity contribution in [2.24, 2.45) is 0 Å². The molecule has 2 amide bonds. The minimum absolute atomic E-state index is 0.0557. The van der Waals surface area contributed by atoms with Crippen molar-refractivity contribution in [3.8, 4) is 0 Å². The Bertz CT molecular complexity index is 500. The molecule has 6 nitrogen and oxygen atoms in total. The highest BCUT2D eigenvalue weighted by atomic mass is 35.5. The molecule has 116 valence electrons. The van der Waals surface area contributed by atoms with Gasteiger partial charge in [-0.1, -0.05) is 17.7 Å². The van der Waals surface area contributed by atoms with Gasteiger partial charge in [0, 0.05) is 33.4 Å². The summed E-state index contributed by atoms with van der Waals surface area (Å²) in [5, 5.41) is 0.264. The summed E-state index contributed by atoms with van der Waals surface area (Å²) in [4.78, 5) is 27.2. The first-order valence-corrected chi connectivity index (χ1v) is 6.78. The number of anilines is 1. The fraction of sp³-hybridized carbons (Fsp3) is 0.429. The van der Waals surface area contributed by atoms with Crippen molar-refractivity contribution in [1.82, 2.24) is 9.80 Å². The Kier molecular flexibility index (Phi) is 6.45. The minimum Gasteiger partial charge on any atom is -0.398 e. The molecule has 1 aromatic rings. The van der Waals surface area contributed by atoms with Crippen LogP contribution in [0.15, 0.2) is 18.2 Å². The van der Waals surface area contributed by atoms with Crippen molar-refractivity contribution < 1.29 is 14.3 Å². The normalized spacial score (nSPS) is 10.3.